The van der Waals surface area contributed by atoms with Gasteiger partial charge in [-0.3, -0.25) is 25.1 Å². The molecule has 0 saturated heterocycles. The second-order valence-corrected chi connectivity index (χ2v) is 7.61. The summed E-state index contributed by atoms with van der Waals surface area (Å²) in [4.78, 5) is 24.1. The van der Waals surface area contributed by atoms with Crippen molar-refractivity contribution in [2.24, 2.45) is 11.8 Å². The van der Waals surface area contributed by atoms with Crippen molar-refractivity contribution in [1.82, 2.24) is 25.9 Å². The maximum atomic E-state index is 12.3. The van der Waals surface area contributed by atoms with Crippen LogP contribution in [0.25, 0.3) is 10.9 Å². The Morgan fingerprint density at radius 3 is 2.85 bits per heavy atom. The van der Waals surface area contributed by atoms with Gasteiger partial charge >= 0.3 is 0 Å². The number of para-hydroxylation sites is 1. The van der Waals surface area contributed by atoms with Gasteiger partial charge in [0.25, 0.3) is 5.91 Å². The van der Waals surface area contributed by atoms with Crippen molar-refractivity contribution in [3.05, 3.63) is 40.7 Å². The molecule has 1 aliphatic carbocycles. The van der Waals surface area contributed by atoms with Gasteiger partial charge in [-0.15, -0.1) is 0 Å². The highest BCUT2D eigenvalue weighted by atomic mass is 32.1. The molecule has 1 heterocycles. The number of carbonyl (C=O) groups excluding carboxylic acids is 1. The number of hydrazine groups is 1. The third-order valence-electron chi connectivity index (χ3n) is 5.39. The number of amides is 1. The van der Waals surface area contributed by atoms with Crippen molar-refractivity contribution in [3.8, 4) is 0 Å². The summed E-state index contributed by atoms with van der Waals surface area (Å²) in [6, 6.07) is 7.39. The third kappa shape index (κ3) is 4.63. The van der Waals surface area contributed by atoms with E-state index in [-0.39, 0.29) is 17.9 Å². The molecule has 7 nitrogen and oxygen atoms in total. The molecule has 0 bridgehead atoms. The molecular weight excluding hydrogens is 362 g/mol. The van der Waals surface area contributed by atoms with Crippen LogP contribution in [0.3, 0.4) is 0 Å². The van der Waals surface area contributed by atoms with E-state index in [0.29, 0.717) is 33.9 Å². The number of nitrogens with one attached hydrogen (secondary N) is 3. The van der Waals surface area contributed by atoms with Crippen LogP contribution in [-0.2, 0) is 11.3 Å². The summed E-state index contributed by atoms with van der Waals surface area (Å²) < 4.78 is 1.50. The number of rotatable bonds is 3. The molecule has 1 saturated carbocycles. The monoisotopic (exact) mass is 387 g/mol. The van der Waals surface area contributed by atoms with Crippen LogP contribution in [0.4, 0.5) is 0 Å². The molecule has 1 aromatic heterocycles. The number of hydrogen-bond acceptors (Lipinski definition) is 4. The van der Waals surface area contributed by atoms with Gasteiger partial charge in [-0.1, -0.05) is 38.8 Å². The van der Waals surface area contributed by atoms with Crippen LogP contribution in [0.15, 0.2) is 35.3 Å². The summed E-state index contributed by atoms with van der Waals surface area (Å²) >= 11 is 5.30. The van der Waals surface area contributed by atoms with Crippen LogP contribution in [-0.4, -0.2) is 26.8 Å². The van der Waals surface area contributed by atoms with Crippen molar-refractivity contribution in [1.29, 1.82) is 0 Å². The summed E-state index contributed by atoms with van der Waals surface area (Å²) in [5.74, 6) is 0.893. The Morgan fingerprint density at radius 2 is 2.04 bits per heavy atom. The number of thiocarbonyl (C=S) groups is 1. The van der Waals surface area contributed by atoms with Crippen LogP contribution in [0.5, 0.6) is 0 Å². The maximum absolute atomic E-state index is 12.3. The van der Waals surface area contributed by atoms with E-state index in [4.69, 9.17) is 12.2 Å². The fraction of sp³-hybridized carbons (Fsp3) is 0.474. The molecule has 0 aliphatic heterocycles. The van der Waals surface area contributed by atoms with Gasteiger partial charge in [0.15, 0.2) is 5.11 Å². The third-order valence-corrected chi connectivity index (χ3v) is 5.61. The van der Waals surface area contributed by atoms with Gasteiger partial charge in [-0.2, -0.15) is 5.10 Å². The SMILES string of the molecule is C[C@@H]1[C@@H](C)CCC[C@H]1NC(=S)NNC(=O)Cn1ncc(=O)c2ccccc21. The number of aromatic nitrogens is 2. The molecule has 1 amide bonds. The van der Waals surface area contributed by atoms with Gasteiger partial charge < -0.3 is 5.32 Å². The van der Waals surface area contributed by atoms with E-state index in [1.54, 1.807) is 18.2 Å². The maximum Gasteiger partial charge on any atom is 0.260 e. The Hall–Kier alpha value is -2.48. The van der Waals surface area contributed by atoms with E-state index in [9.17, 15) is 9.59 Å². The Balaban J connectivity index is 1.55. The Bertz CT molecular complexity index is 897. The second kappa shape index (κ2) is 8.47. The first-order valence-corrected chi connectivity index (χ1v) is 9.66. The number of hydrogen-bond donors (Lipinski definition) is 3. The molecule has 1 aromatic carbocycles. The number of nitrogens with zero attached hydrogens (tertiary/aromatic N) is 2. The lowest BCUT2D eigenvalue weighted by atomic mass is 9.78. The molecule has 0 radical (unpaired) electrons. The van der Waals surface area contributed by atoms with Crippen molar-refractivity contribution in [2.45, 2.75) is 45.7 Å². The first kappa shape index (κ1) is 19.3. The molecule has 1 aliphatic rings. The standard InChI is InChI=1S/C19H25N5O2S/c1-12-6-5-8-15(13(12)2)21-19(27)23-22-18(26)11-24-16-9-4-3-7-14(16)17(25)10-20-24/h3-4,7,9-10,12-13,15H,5-6,8,11H2,1-2H3,(H,22,26)(H2,21,23,27)/t12-,13+,15+/m0/s1. The Morgan fingerprint density at radius 1 is 1.26 bits per heavy atom. The summed E-state index contributed by atoms with van der Waals surface area (Å²) in [5.41, 5.74) is 5.81. The molecule has 3 N–H and O–H groups in total. The van der Waals surface area contributed by atoms with Crippen LogP contribution in [0.2, 0.25) is 0 Å². The number of benzene rings is 1. The second-order valence-electron chi connectivity index (χ2n) is 7.20. The zero-order valence-corrected chi connectivity index (χ0v) is 16.4. The molecule has 144 valence electrons. The van der Waals surface area contributed by atoms with Gasteiger partial charge in [-0.25, -0.2) is 0 Å². The zero-order valence-electron chi connectivity index (χ0n) is 15.6. The van der Waals surface area contributed by atoms with Gasteiger partial charge in [0, 0.05) is 11.4 Å². The molecule has 1 fully saturated rings. The van der Waals surface area contributed by atoms with Crippen LogP contribution in [0.1, 0.15) is 33.1 Å². The fourth-order valence-corrected chi connectivity index (χ4v) is 3.78. The highest BCUT2D eigenvalue weighted by Gasteiger charge is 2.27. The summed E-state index contributed by atoms with van der Waals surface area (Å²) in [6.45, 7) is 4.47. The minimum absolute atomic E-state index is 0.0206. The normalized spacial score (nSPS) is 22.2. The Labute approximate surface area is 163 Å². The molecule has 0 unspecified atom stereocenters. The highest BCUT2D eigenvalue weighted by molar-refractivity contribution is 7.80. The highest BCUT2D eigenvalue weighted by Crippen LogP contribution is 2.29. The average molecular weight is 388 g/mol. The van der Waals surface area contributed by atoms with Crippen molar-refractivity contribution in [3.63, 3.8) is 0 Å². The van der Waals surface area contributed by atoms with Gasteiger partial charge in [0.1, 0.15) is 6.54 Å². The van der Waals surface area contributed by atoms with Crippen LogP contribution in [0, 0.1) is 11.8 Å². The van der Waals surface area contributed by atoms with E-state index in [0.717, 1.165) is 6.42 Å². The molecule has 8 heteroatoms. The molecule has 3 rings (SSSR count). The van der Waals surface area contributed by atoms with Gasteiger partial charge in [0.05, 0.1) is 11.7 Å². The summed E-state index contributed by atoms with van der Waals surface area (Å²) in [7, 11) is 0. The number of fused-ring (bicyclic) bond motifs is 1. The Kier molecular flexibility index (Phi) is 6.05. The fourth-order valence-electron chi connectivity index (χ4n) is 3.58. The van der Waals surface area contributed by atoms with Crippen molar-refractivity contribution < 1.29 is 4.79 Å². The molecule has 0 spiro atoms. The minimum Gasteiger partial charge on any atom is -0.358 e. The quantitative estimate of drug-likeness (QED) is 0.549. The van der Waals surface area contributed by atoms with E-state index in [1.807, 2.05) is 6.07 Å². The molecule has 27 heavy (non-hydrogen) atoms. The van der Waals surface area contributed by atoms with E-state index >= 15 is 0 Å². The molecule has 3 atom stereocenters. The smallest absolute Gasteiger partial charge is 0.260 e. The lowest BCUT2D eigenvalue weighted by Crippen LogP contribution is -2.53. The lowest BCUT2D eigenvalue weighted by molar-refractivity contribution is -0.122. The van der Waals surface area contributed by atoms with E-state index < -0.39 is 0 Å². The average Bonchev–Trinajstić information content (AvgIpc) is 2.66. The van der Waals surface area contributed by atoms with Gasteiger partial charge in [-0.05, 0) is 42.6 Å². The zero-order chi connectivity index (χ0) is 19.4. The van der Waals surface area contributed by atoms with Crippen molar-refractivity contribution in [2.75, 3.05) is 0 Å². The predicted molar refractivity (Wildman–Crippen MR) is 109 cm³/mol. The first-order chi connectivity index (χ1) is 13.0. The van der Waals surface area contributed by atoms with Gasteiger partial charge in [0.2, 0.25) is 5.43 Å². The van der Waals surface area contributed by atoms with Crippen molar-refractivity contribution >= 4 is 34.1 Å². The van der Waals surface area contributed by atoms with Crippen LogP contribution >= 0.6 is 12.2 Å². The molecular formula is C19H25N5O2S. The molecule has 2 aromatic rings. The van der Waals surface area contributed by atoms with Crippen LogP contribution < -0.4 is 21.6 Å². The largest absolute Gasteiger partial charge is 0.358 e. The van der Waals surface area contributed by atoms with E-state index in [1.165, 1.54) is 23.7 Å². The number of carbonyl (C=O) groups is 1. The first-order valence-electron chi connectivity index (χ1n) is 9.26. The topological polar surface area (TPSA) is 88.0 Å². The lowest BCUT2D eigenvalue weighted by Gasteiger charge is -2.35. The summed E-state index contributed by atoms with van der Waals surface area (Å²) in [5, 5.41) is 8.29. The summed E-state index contributed by atoms with van der Waals surface area (Å²) in [6.07, 6.45) is 4.73. The minimum atomic E-state index is -0.300. The van der Waals surface area contributed by atoms with E-state index in [2.05, 4.69) is 35.1 Å². The predicted octanol–water partition coefficient (Wildman–Crippen LogP) is 1.72.